The molecular formula is C13H12N4O3. The van der Waals surface area contributed by atoms with Crippen molar-refractivity contribution >= 4 is 17.7 Å². The second-order valence-electron chi connectivity index (χ2n) is 3.91. The van der Waals surface area contributed by atoms with Crippen LogP contribution in [0, 0.1) is 0 Å². The topological polar surface area (TPSA) is 104 Å². The van der Waals surface area contributed by atoms with Crippen LogP contribution in [0.3, 0.4) is 0 Å². The maximum atomic E-state index is 11.6. The molecule has 2 aromatic rings. The normalized spacial score (nSPS) is 9.80. The van der Waals surface area contributed by atoms with E-state index < -0.39 is 12.0 Å². The number of aromatic carboxylic acids is 1. The van der Waals surface area contributed by atoms with Crippen LogP contribution in [0.5, 0.6) is 0 Å². The Bertz CT molecular complexity index is 599. The van der Waals surface area contributed by atoms with E-state index in [1.54, 1.807) is 18.3 Å². The van der Waals surface area contributed by atoms with Gasteiger partial charge < -0.3 is 15.7 Å². The Kier molecular flexibility index (Phi) is 4.23. The van der Waals surface area contributed by atoms with Gasteiger partial charge in [-0.15, -0.1) is 0 Å². The summed E-state index contributed by atoms with van der Waals surface area (Å²) in [7, 11) is 0. The van der Waals surface area contributed by atoms with Crippen LogP contribution in [-0.4, -0.2) is 27.3 Å². The summed E-state index contributed by atoms with van der Waals surface area (Å²) in [5.74, 6) is -1.01. The van der Waals surface area contributed by atoms with Crippen molar-refractivity contribution in [3.8, 4) is 0 Å². The van der Waals surface area contributed by atoms with E-state index in [-0.39, 0.29) is 12.1 Å². The van der Waals surface area contributed by atoms with E-state index in [0.717, 1.165) is 0 Å². The maximum absolute atomic E-state index is 11.6. The first-order valence-corrected chi connectivity index (χ1v) is 5.80. The minimum absolute atomic E-state index is 0.163. The predicted octanol–water partition coefficient (Wildman–Crippen LogP) is 1.50. The van der Waals surface area contributed by atoms with Crippen LogP contribution in [0.4, 0.5) is 10.5 Å². The maximum Gasteiger partial charge on any atom is 0.335 e. The number of carbonyl (C=O) groups excluding carboxylic acids is 1. The number of nitrogens with one attached hydrogen (secondary N) is 2. The van der Waals surface area contributed by atoms with E-state index >= 15 is 0 Å². The number of benzene rings is 1. The van der Waals surface area contributed by atoms with Gasteiger partial charge in [0.1, 0.15) is 0 Å². The average Bonchev–Trinajstić information content (AvgIpc) is 2.47. The number of aromatic nitrogens is 2. The lowest BCUT2D eigenvalue weighted by atomic mass is 10.2. The molecule has 3 N–H and O–H groups in total. The summed E-state index contributed by atoms with van der Waals surface area (Å²) >= 11 is 0. The number of carboxylic acid groups (broad SMARTS) is 1. The van der Waals surface area contributed by atoms with Gasteiger partial charge in [-0.1, -0.05) is 0 Å². The standard InChI is InChI=1S/C13H12N4O3/c18-12(19)9-3-5-10(6-4-9)16-13(20)14-8-11-2-1-7-15-17-11/h1-7H,8H2,(H,18,19)(H2,14,16,20). The van der Waals surface area contributed by atoms with Crippen molar-refractivity contribution < 1.29 is 14.7 Å². The Morgan fingerprint density at radius 3 is 2.50 bits per heavy atom. The molecule has 2 amide bonds. The quantitative estimate of drug-likeness (QED) is 0.782. The fourth-order valence-corrected chi connectivity index (χ4v) is 1.47. The molecular weight excluding hydrogens is 260 g/mol. The smallest absolute Gasteiger partial charge is 0.335 e. The number of urea groups is 1. The zero-order valence-corrected chi connectivity index (χ0v) is 10.4. The molecule has 20 heavy (non-hydrogen) atoms. The van der Waals surface area contributed by atoms with Gasteiger partial charge in [-0.2, -0.15) is 10.2 Å². The van der Waals surface area contributed by atoms with E-state index in [0.29, 0.717) is 11.4 Å². The molecule has 1 aromatic heterocycles. The third-order valence-electron chi connectivity index (χ3n) is 2.45. The number of hydrogen-bond acceptors (Lipinski definition) is 4. The van der Waals surface area contributed by atoms with Crippen LogP contribution in [0.15, 0.2) is 42.6 Å². The Labute approximate surface area is 114 Å². The highest BCUT2D eigenvalue weighted by Crippen LogP contribution is 2.09. The largest absolute Gasteiger partial charge is 0.478 e. The van der Waals surface area contributed by atoms with Crippen molar-refractivity contribution in [2.24, 2.45) is 0 Å². The van der Waals surface area contributed by atoms with E-state index in [1.165, 1.54) is 24.3 Å². The van der Waals surface area contributed by atoms with Crippen molar-refractivity contribution in [2.75, 3.05) is 5.32 Å². The fourth-order valence-electron chi connectivity index (χ4n) is 1.47. The van der Waals surface area contributed by atoms with Gasteiger partial charge in [-0.05, 0) is 36.4 Å². The number of amides is 2. The molecule has 0 radical (unpaired) electrons. The van der Waals surface area contributed by atoms with Gasteiger partial charge >= 0.3 is 12.0 Å². The van der Waals surface area contributed by atoms with Crippen LogP contribution in [0.25, 0.3) is 0 Å². The number of anilines is 1. The van der Waals surface area contributed by atoms with E-state index in [4.69, 9.17) is 5.11 Å². The number of nitrogens with zero attached hydrogens (tertiary/aromatic N) is 2. The van der Waals surface area contributed by atoms with Gasteiger partial charge in [0.15, 0.2) is 0 Å². The Balaban J connectivity index is 1.86. The lowest BCUT2D eigenvalue weighted by Gasteiger charge is -2.07. The lowest BCUT2D eigenvalue weighted by molar-refractivity contribution is 0.0697. The van der Waals surface area contributed by atoms with Gasteiger partial charge in [-0.25, -0.2) is 9.59 Å². The van der Waals surface area contributed by atoms with Crippen LogP contribution in [0.1, 0.15) is 16.1 Å². The molecule has 7 nitrogen and oxygen atoms in total. The summed E-state index contributed by atoms with van der Waals surface area (Å²) in [6.45, 7) is 0.257. The fraction of sp³-hybridized carbons (Fsp3) is 0.0769. The van der Waals surface area contributed by atoms with Gasteiger partial charge in [-0.3, -0.25) is 0 Å². The number of carbonyl (C=O) groups is 2. The van der Waals surface area contributed by atoms with Gasteiger partial charge in [0.2, 0.25) is 0 Å². The molecule has 7 heteroatoms. The summed E-state index contributed by atoms with van der Waals surface area (Å²) in [4.78, 5) is 22.3. The molecule has 0 atom stereocenters. The minimum Gasteiger partial charge on any atom is -0.478 e. The molecule has 0 aliphatic heterocycles. The molecule has 0 bridgehead atoms. The van der Waals surface area contributed by atoms with Crippen molar-refractivity contribution in [1.29, 1.82) is 0 Å². The van der Waals surface area contributed by atoms with Crippen LogP contribution < -0.4 is 10.6 Å². The highest BCUT2D eigenvalue weighted by Gasteiger charge is 2.04. The van der Waals surface area contributed by atoms with Crippen molar-refractivity contribution in [3.05, 3.63) is 53.9 Å². The van der Waals surface area contributed by atoms with Gasteiger partial charge in [0.05, 0.1) is 17.8 Å². The highest BCUT2D eigenvalue weighted by molar-refractivity contribution is 5.91. The van der Waals surface area contributed by atoms with Gasteiger partial charge in [0.25, 0.3) is 0 Å². The second-order valence-corrected chi connectivity index (χ2v) is 3.91. The summed E-state index contributed by atoms with van der Waals surface area (Å²) < 4.78 is 0. The van der Waals surface area contributed by atoms with Crippen molar-refractivity contribution in [2.45, 2.75) is 6.54 Å². The first kappa shape index (κ1) is 13.5. The van der Waals surface area contributed by atoms with Crippen molar-refractivity contribution in [1.82, 2.24) is 15.5 Å². The number of hydrogen-bond donors (Lipinski definition) is 3. The van der Waals surface area contributed by atoms with E-state index in [2.05, 4.69) is 20.8 Å². The summed E-state index contributed by atoms with van der Waals surface area (Å²) in [5.41, 5.74) is 1.31. The molecule has 1 heterocycles. The van der Waals surface area contributed by atoms with Crippen LogP contribution >= 0.6 is 0 Å². The van der Waals surface area contributed by atoms with E-state index in [1.807, 2.05) is 0 Å². The molecule has 0 aliphatic carbocycles. The monoisotopic (exact) mass is 272 g/mol. The zero-order valence-electron chi connectivity index (χ0n) is 10.4. The molecule has 0 unspecified atom stereocenters. The Hall–Kier alpha value is -2.96. The molecule has 2 rings (SSSR count). The molecule has 0 fully saturated rings. The average molecular weight is 272 g/mol. The first-order chi connectivity index (χ1) is 9.65. The summed E-state index contributed by atoms with van der Waals surface area (Å²) in [6.07, 6.45) is 1.55. The Morgan fingerprint density at radius 1 is 1.15 bits per heavy atom. The minimum atomic E-state index is -1.01. The predicted molar refractivity (Wildman–Crippen MR) is 71.3 cm³/mol. The molecule has 0 spiro atoms. The highest BCUT2D eigenvalue weighted by atomic mass is 16.4. The third-order valence-corrected chi connectivity index (χ3v) is 2.45. The summed E-state index contributed by atoms with van der Waals surface area (Å²) in [6, 6.07) is 8.94. The molecule has 1 aromatic carbocycles. The van der Waals surface area contributed by atoms with Crippen molar-refractivity contribution in [3.63, 3.8) is 0 Å². The molecule has 0 aliphatic rings. The third kappa shape index (κ3) is 3.77. The number of carboxylic acids is 1. The zero-order chi connectivity index (χ0) is 14.4. The van der Waals surface area contributed by atoms with Crippen LogP contribution in [0.2, 0.25) is 0 Å². The van der Waals surface area contributed by atoms with Gasteiger partial charge in [0, 0.05) is 11.9 Å². The number of rotatable bonds is 4. The Morgan fingerprint density at radius 2 is 1.90 bits per heavy atom. The SMILES string of the molecule is O=C(NCc1cccnn1)Nc1ccc(C(=O)O)cc1. The molecule has 102 valence electrons. The summed E-state index contributed by atoms with van der Waals surface area (Å²) in [5, 5.41) is 21.5. The molecule has 0 saturated carbocycles. The van der Waals surface area contributed by atoms with Crippen LogP contribution in [-0.2, 0) is 6.54 Å². The molecule has 0 saturated heterocycles. The second kappa shape index (κ2) is 6.28. The van der Waals surface area contributed by atoms with E-state index in [9.17, 15) is 9.59 Å². The lowest BCUT2D eigenvalue weighted by Crippen LogP contribution is -2.28. The first-order valence-electron chi connectivity index (χ1n) is 5.80.